The van der Waals surface area contributed by atoms with Crippen molar-refractivity contribution in [1.29, 1.82) is 0 Å². The first-order valence-electron chi connectivity index (χ1n) is 8.38. The first-order valence-corrected chi connectivity index (χ1v) is 9.19. The van der Waals surface area contributed by atoms with Crippen molar-refractivity contribution in [3.8, 4) is 0 Å². The summed E-state index contributed by atoms with van der Waals surface area (Å²) in [5, 5.41) is 0. The van der Waals surface area contributed by atoms with E-state index in [1.54, 1.807) is 11.8 Å². The van der Waals surface area contributed by atoms with E-state index in [1.807, 2.05) is 71.6 Å². The molecule has 0 radical (unpaired) electrons. The lowest BCUT2D eigenvalue weighted by Gasteiger charge is -2.54. The summed E-state index contributed by atoms with van der Waals surface area (Å²) < 4.78 is -0.515. The van der Waals surface area contributed by atoms with Crippen LogP contribution in [0.5, 0.6) is 0 Å². The normalized spacial score (nSPS) is 22.5. The van der Waals surface area contributed by atoms with Crippen LogP contribution in [0.1, 0.15) is 18.5 Å². The SMILES string of the molecule is C[C@@]1(Sc2ccccc2)C(=O)N(c2ccccc2)[C@@H]1c1ccccc1. The van der Waals surface area contributed by atoms with Crippen molar-refractivity contribution in [1.82, 2.24) is 0 Å². The predicted molar refractivity (Wildman–Crippen MR) is 104 cm³/mol. The minimum Gasteiger partial charge on any atom is -0.302 e. The van der Waals surface area contributed by atoms with Gasteiger partial charge < -0.3 is 4.90 Å². The monoisotopic (exact) mass is 345 g/mol. The van der Waals surface area contributed by atoms with Gasteiger partial charge in [-0.2, -0.15) is 0 Å². The molecule has 2 nitrogen and oxygen atoms in total. The molecule has 0 bridgehead atoms. The zero-order chi connectivity index (χ0) is 17.3. The van der Waals surface area contributed by atoms with Crippen LogP contribution >= 0.6 is 11.8 Å². The number of amides is 1. The highest BCUT2D eigenvalue weighted by Gasteiger charge is 2.59. The summed E-state index contributed by atoms with van der Waals surface area (Å²) in [5.41, 5.74) is 2.12. The van der Waals surface area contributed by atoms with Gasteiger partial charge in [-0.05, 0) is 36.8 Å². The topological polar surface area (TPSA) is 20.3 Å². The zero-order valence-corrected chi connectivity index (χ0v) is 14.8. The van der Waals surface area contributed by atoms with E-state index in [9.17, 15) is 4.79 Å². The third-order valence-corrected chi connectivity index (χ3v) is 5.98. The first-order chi connectivity index (χ1) is 12.2. The summed E-state index contributed by atoms with van der Waals surface area (Å²) in [4.78, 5) is 16.2. The second-order valence-electron chi connectivity index (χ2n) is 6.35. The molecular weight excluding hydrogens is 326 g/mol. The summed E-state index contributed by atoms with van der Waals surface area (Å²) in [5.74, 6) is 0.154. The summed E-state index contributed by atoms with van der Waals surface area (Å²) >= 11 is 1.65. The number of para-hydroxylation sites is 1. The second kappa shape index (κ2) is 6.41. The van der Waals surface area contributed by atoms with E-state index < -0.39 is 4.75 Å². The highest BCUT2D eigenvalue weighted by atomic mass is 32.2. The van der Waals surface area contributed by atoms with Crippen molar-refractivity contribution in [2.75, 3.05) is 4.90 Å². The van der Waals surface area contributed by atoms with Crippen LogP contribution in [-0.2, 0) is 4.79 Å². The fraction of sp³-hybridized carbons (Fsp3) is 0.136. The Balaban J connectivity index is 1.75. The maximum absolute atomic E-state index is 13.2. The van der Waals surface area contributed by atoms with Gasteiger partial charge in [-0.15, -0.1) is 11.8 Å². The van der Waals surface area contributed by atoms with E-state index in [0.717, 1.165) is 16.1 Å². The van der Waals surface area contributed by atoms with E-state index in [0.29, 0.717) is 0 Å². The molecule has 1 saturated heterocycles. The van der Waals surface area contributed by atoms with Crippen LogP contribution in [-0.4, -0.2) is 10.7 Å². The number of hydrogen-bond donors (Lipinski definition) is 0. The molecule has 4 rings (SSSR count). The molecule has 3 aromatic rings. The van der Waals surface area contributed by atoms with Crippen molar-refractivity contribution in [3.05, 3.63) is 96.6 Å². The van der Waals surface area contributed by atoms with Crippen molar-refractivity contribution in [2.24, 2.45) is 0 Å². The molecule has 0 aromatic heterocycles. The molecule has 1 aliphatic heterocycles. The molecule has 0 saturated carbocycles. The average Bonchev–Trinajstić information content (AvgIpc) is 2.67. The number of thioether (sulfide) groups is 1. The zero-order valence-electron chi connectivity index (χ0n) is 14.0. The molecule has 0 N–H and O–H groups in total. The van der Waals surface area contributed by atoms with Gasteiger partial charge in [-0.25, -0.2) is 0 Å². The maximum atomic E-state index is 13.2. The van der Waals surface area contributed by atoms with Gasteiger partial charge in [0, 0.05) is 10.6 Å². The van der Waals surface area contributed by atoms with Gasteiger partial charge in [0.2, 0.25) is 5.91 Å². The average molecular weight is 345 g/mol. The Kier molecular flexibility index (Phi) is 4.10. The smallest absolute Gasteiger partial charge is 0.246 e. The summed E-state index contributed by atoms with van der Waals surface area (Å²) in [6.45, 7) is 2.06. The minimum absolute atomic E-state index is 0.00815. The van der Waals surface area contributed by atoms with Gasteiger partial charge in [-0.1, -0.05) is 66.7 Å². The van der Waals surface area contributed by atoms with Crippen molar-refractivity contribution in [3.63, 3.8) is 0 Å². The van der Waals surface area contributed by atoms with Gasteiger partial charge in [-0.3, -0.25) is 4.79 Å². The molecule has 3 heteroatoms. The van der Waals surface area contributed by atoms with Crippen LogP contribution in [0.4, 0.5) is 5.69 Å². The van der Waals surface area contributed by atoms with Crippen LogP contribution in [0.3, 0.4) is 0 Å². The lowest BCUT2D eigenvalue weighted by Crippen LogP contribution is -2.65. The minimum atomic E-state index is -0.515. The molecule has 1 fully saturated rings. The second-order valence-corrected chi connectivity index (χ2v) is 7.87. The Bertz CT molecular complexity index is 866. The summed E-state index contributed by atoms with van der Waals surface area (Å²) in [6.07, 6.45) is 0. The number of rotatable bonds is 4. The number of carbonyl (C=O) groups excluding carboxylic acids is 1. The van der Waals surface area contributed by atoms with E-state index in [2.05, 4.69) is 31.2 Å². The molecule has 1 aliphatic rings. The van der Waals surface area contributed by atoms with Crippen LogP contribution < -0.4 is 4.90 Å². The Hall–Kier alpha value is -2.52. The molecule has 0 spiro atoms. The predicted octanol–water partition coefficient (Wildman–Crippen LogP) is 5.33. The van der Waals surface area contributed by atoms with Gasteiger partial charge in [0.25, 0.3) is 0 Å². The lowest BCUT2D eigenvalue weighted by atomic mass is 9.82. The molecular formula is C22H19NOS. The van der Waals surface area contributed by atoms with E-state index in [4.69, 9.17) is 0 Å². The highest BCUT2D eigenvalue weighted by molar-refractivity contribution is 8.01. The summed E-state index contributed by atoms with van der Waals surface area (Å²) in [7, 11) is 0. The molecule has 25 heavy (non-hydrogen) atoms. The maximum Gasteiger partial charge on any atom is 0.246 e. The number of carbonyl (C=O) groups is 1. The highest BCUT2D eigenvalue weighted by Crippen LogP contribution is 2.55. The number of β-lactam (4-membered cyclic amide) rings is 1. The lowest BCUT2D eigenvalue weighted by molar-refractivity contribution is -0.127. The largest absolute Gasteiger partial charge is 0.302 e. The van der Waals surface area contributed by atoms with Crippen LogP contribution in [0.25, 0.3) is 0 Å². The molecule has 1 heterocycles. The van der Waals surface area contributed by atoms with Gasteiger partial charge in [0.05, 0.1) is 6.04 Å². The van der Waals surface area contributed by atoms with Gasteiger partial charge in [0.1, 0.15) is 4.75 Å². The third-order valence-electron chi connectivity index (χ3n) is 4.65. The van der Waals surface area contributed by atoms with Crippen LogP contribution in [0.15, 0.2) is 95.9 Å². The Morgan fingerprint density at radius 3 is 1.92 bits per heavy atom. The standard InChI is InChI=1S/C22H19NOS/c1-22(25-19-15-9-4-10-16-19)20(17-11-5-2-6-12-17)23(21(22)24)18-13-7-3-8-14-18/h2-16,20H,1H3/t20-,22+/m1/s1. The Labute approximate surface area is 152 Å². The van der Waals surface area contributed by atoms with Crippen LogP contribution in [0.2, 0.25) is 0 Å². The quantitative estimate of drug-likeness (QED) is 0.596. The van der Waals surface area contributed by atoms with E-state index in [-0.39, 0.29) is 11.9 Å². The van der Waals surface area contributed by atoms with E-state index in [1.165, 1.54) is 0 Å². The third kappa shape index (κ3) is 2.75. The molecule has 0 unspecified atom stereocenters. The fourth-order valence-corrected chi connectivity index (χ4v) is 4.77. The molecule has 124 valence electrons. The molecule has 3 aromatic carbocycles. The van der Waals surface area contributed by atoms with Crippen molar-refractivity contribution < 1.29 is 4.79 Å². The van der Waals surface area contributed by atoms with Crippen molar-refractivity contribution >= 4 is 23.4 Å². The van der Waals surface area contributed by atoms with E-state index >= 15 is 0 Å². The Morgan fingerprint density at radius 2 is 1.32 bits per heavy atom. The fourth-order valence-electron chi connectivity index (χ4n) is 3.44. The number of anilines is 1. The molecule has 0 aliphatic carbocycles. The number of nitrogens with zero attached hydrogens (tertiary/aromatic N) is 1. The van der Waals surface area contributed by atoms with Gasteiger partial charge in [0.15, 0.2) is 0 Å². The number of benzene rings is 3. The summed E-state index contributed by atoms with van der Waals surface area (Å²) in [6, 6.07) is 30.4. The Morgan fingerprint density at radius 1 is 0.800 bits per heavy atom. The number of hydrogen-bond acceptors (Lipinski definition) is 2. The molecule has 2 atom stereocenters. The molecule has 1 amide bonds. The van der Waals surface area contributed by atoms with Crippen molar-refractivity contribution in [2.45, 2.75) is 22.6 Å². The first kappa shape index (κ1) is 16.0. The van der Waals surface area contributed by atoms with Crippen LogP contribution in [0, 0.1) is 0 Å². The van der Waals surface area contributed by atoms with Gasteiger partial charge >= 0.3 is 0 Å².